The predicted octanol–water partition coefficient (Wildman–Crippen LogP) is 6.49. The van der Waals surface area contributed by atoms with Crippen molar-refractivity contribution in [1.82, 2.24) is 0 Å². The van der Waals surface area contributed by atoms with E-state index in [1.54, 1.807) is 0 Å². The summed E-state index contributed by atoms with van der Waals surface area (Å²) >= 11 is 0. The maximum Gasteiger partial charge on any atom is 0.460 e. The Morgan fingerprint density at radius 2 is 0.567 bits per heavy atom. The van der Waals surface area contributed by atoms with Gasteiger partial charge in [0.2, 0.25) is 0 Å². The highest BCUT2D eigenvalue weighted by molar-refractivity contribution is 5.15. The van der Waals surface area contributed by atoms with Crippen molar-refractivity contribution in [2.45, 2.75) is 54.2 Å². The summed E-state index contributed by atoms with van der Waals surface area (Å²) in [4.78, 5) is 0. The van der Waals surface area contributed by atoms with Gasteiger partial charge in [-0.05, 0) is 0 Å². The van der Waals surface area contributed by atoms with Crippen LogP contribution in [-0.4, -0.2) is 54.2 Å². The third kappa shape index (κ3) is 3.80. The van der Waals surface area contributed by atoms with Gasteiger partial charge in [0.25, 0.3) is 0 Å². The average molecular weight is 504 g/mol. The summed E-state index contributed by atoms with van der Waals surface area (Å²) in [5.41, 5.74) is -9.01. The molecule has 0 aromatic heterocycles. The quantitative estimate of drug-likeness (QED) is 0.398. The Hall–Kier alpha value is -1.44. The predicted molar refractivity (Wildman–Crippen MR) is 47.8 cm³/mol. The van der Waals surface area contributed by atoms with E-state index in [0.29, 0.717) is 0 Å². The number of rotatable bonds is 4. The monoisotopic (exact) mass is 504 g/mol. The standard InChI is InChI=1S/C9F20O/c10-2(11,3(12,13)7(21,22)23)1(5(15,16)17,6(18,19)20)30-4(14,8(24,25)26)9(27,28)29. The van der Waals surface area contributed by atoms with Gasteiger partial charge in [-0.25, -0.2) is 0 Å². The van der Waals surface area contributed by atoms with Gasteiger partial charge < -0.3 is 4.74 Å². The SMILES string of the molecule is FC(F)(F)C(F)(F)C(F)(F)C(OC(F)(C(F)(F)F)C(F)(F)F)(C(F)(F)F)C(F)(F)F. The highest BCUT2D eigenvalue weighted by Gasteiger charge is 2.97. The first kappa shape index (κ1) is 28.6. The third-order valence-corrected chi connectivity index (χ3v) is 3.01. The summed E-state index contributed by atoms with van der Waals surface area (Å²) in [6, 6.07) is 0. The van der Waals surface area contributed by atoms with Crippen LogP contribution in [0.25, 0.3) is 0 Å². The van der Waals surface area contributed by atoms with Gasteiger partial charge in [-0.3, -0.25) is 0 Å². The van der Waals surface area contributed by atoms with E-state index in [1.165, 1.54) is 0 Å². The molecule has 0 heterocycles. The topological polar surface area (TPSA) is 9.23 Å². The van der Waals surface area contributed by atoms with Gasteiger partial charge in [-0.1, -0.05) is 0 Å². The Balaban J connectivity index is 7.60. The Labute approximate surface area is 148 Å². The summed E-state index contributed by atoms with van der Waals surface area (Å²) in [6.07, 6.45) is -41.8. The van der Waals surface area contributed by atoms with Gasteiger partial charge in [0.05, 0.1) is 0 Å². The first-order valence-corrected chi connectivity index (χ1v) is 5.94. The molecule has 0 radical (unpaired) electrons. The summed E-state index contributed by atoms with van der Waals surface area (Å²) in [5, 5.41) is 0. The minimum atomic E-state index is -9.07. The van der Waals surface area contributed by atoms with Crippen LogP contribution in [0, 0.1) is 0 Å². The molecule has 0 saturated carbocycles. The average Bonchev–Trinajstić information content (AvgIpc) is 2.36. The molecule has 0 aliphatic carbocycles. The van der Waals surface area contributed by atoms with E-state index in [1.807, 2.05) is 0 Å². The van der Waals surface area contributed by atoms with E-state index >= 15 is 0 Å². The van der Waals surface area contributed by atoms with E-state index in [0.717, 1.165) is 4.74 Å². The Morgan fingerprint density at radius 3 is 0.733 bits per heavy atom. The lowest BCUT2D eigenvalue weighted by molar-refractivity contribution is -0.542. The van der Waals surface area contributed by atoms with Gasteiger partial charge in [-0.2, -0.15) is 87.8 Å². The normalized spacial score (nSPS) is 16.8. The van der Waals surface area contributed by atoms with Crippen LogP contribution in [0.5, 0.6) is 0 Å². The summed E-state index contributed by atoms with van der Waals surface area (Å²) in [6.45, 7) is 0. The molecule has 30 heavy (non-hydrogen) atoms. The van der Waals surface area contributed by atoms with Gasteiger partial charge in [0, 0.05) is 0 Å². The molecule has 0 fully saturated rings. The summed E-state index contributed by atoms with van der Waals surface area (Å²) in [7, 11) is 0. The number of alkyl halides is 20. The van der Waals surface area contributed by atoms with E-state index < -0.39 is 54.2 Å². The van der Waals surface area contributed by atoms with Gasteiger partial charge in [0.1, 0.15) is 0 Å². The largest absolute Gasteiger partial charge is 0.460 e. The lowest BCUT2D eigenvalue weighted by atomic mass is 9.87. The van der Waals surface area contributed by atoms with Crippen molar-refractivity contribution in [1.29, 1.82) is 0 Å². The molecule has 0 aliphatic heterocycles. The second kappa shape index (κ2) is 6.78. The Kier molecular flexibility index (Phi) is 6.45. The maximum atomic E-state index is 13.4. The van der Waals surface area contributed by atoms with Crippen LogP contribution in [0.1, 0.15) is 0 Å². The van der Waals surface area contributed by atoms with Gasteiger partial charge in [-0.15, -0.1) is 0 Å². The van der Waals surface area contributed by atoms with E-state index in [9.17, 15) is 87.8 Å². The van der Waals surface area contributed by atoms with Crippen molar-refractivity contribution >= 4 is 0 Å². The lowest BCUT2D eigenvalue weighted by Gasteiger charge is -2.47. The minimum Gasteiger partial charge on any atom is -0.302 e. The molecular formula is C9F20O. The van der Waals surface area contributed by atoms with Crippen molar-refractivity contribution < 1.29 is 92.5 Å². The van der Waals surface area contributed by atoms with Gasteiger partial charge >= 0.3 is 54.2 Å². The van der Waals surface area contributed by atoms with E-state index in [-0.39, 0.29) is 0 Å². The van der Waals surface area contributed by atoms with Crippen LogP contribution in [0.15, 0.2) is 0 Å². The number of hydrogen-bond donors (Lipinski definition) is 0. The second-order valence-electron chi connectivity index (χ2n) is 5.02. The van der Waals surface area contributed by atoms with Crippen molar-refractivity contribution in [3.8, 4) is 0 Å². The molecule has 0 atom stereocenters. The summed E-state index contributed by atoms with van der Waals surface area (Å²) < 4.78 is 252. The molecule has 0 spiro atoms. The highest BCUT2D eigenvalue weighted by Crippen LogP contribution is 2.65. The molecule has 0 rings (SSSR count). The van der Waals surface area contributed by atoms with Crippen molar-refractivity contribution in [3.63, 3.8) is 0 Å². The van der Waals surface area contributed by atoms with Crippen LogP contribution in [0.2, 0.25) is 0 Å². The summed E-state index contributed by atoms with van der Waals surface area (Å²) in [5.74, 6) is -26.2. The number of ether oxygens (including phenoxy) is 1. The first-order valence-electron chi connectivity index (χ1n) is 5.94. The first-order chi connectivity index (χ1) is 12.5. The lowest BCUT2D eigenvalue weighted by Crippen LogP contribution is -2.79. The fourth-order valence-corrected chi connectivity index (χ4v) is 1.58. The van der Waals surface area contributed by atoms with Crippen LogP contribution in [-0.2, 0) is 4.74 Å². The number of halogens is 20. The zero-order valence-electron chi connectivity index (χ0n) is 12.5. The molecule has 0 N–H and O–H groups in total. The smallest absolute Gasteiger partial charge is 0.302 e. The molecule has 21 heteroatoms. The fourth-order valence-electron chi connectivity index (χ4n) is 1.58. The number of hydrogen-bond acceptors (Lipinski definition) is 1. The van der Waals surface area contributed by atoms with Gasteiger partial charge in [0.15, 0.2) is 0 Å². The van der Waals surface area contributed by atoms with Crippen LogP contribution in [0.3, 0.4) is 0 Å². The third-order valence-electron chi connectivity index (χ3n) is 3.01. The van der Waals surface area contributed by atoms with Crippen LogP contribution in [0.4, 0.5) is 87.8 Å². The molecule has 0 aromatic rings. The molecule has 0 bridgehead atoms. The molecule has 0 saturated heterocycles. The minimum absolute atomic E-state index is 0.933. The van der Waals surface area contributed by atoms with Crippen molar-refractivity contribution in [3.05, 3.63) is 0 Å². The van der Waals surface area contributed by atoms with Crippen molar-refractivity contribution in [2.24, 2.45) is 0 Å². The zero-order chi connectivity index (χ0) is 25.2. The molecule has 0 unspecified atom stereocenters. The van der Waals surface area contributed by atoms with Crippen molar-refractivity contribution in [2.75, 3.05) is 0 Å². The van der Waals surface area contributed by atoms with E-state index in [4.69, 9.17) is 0 Å². The molecule has 0 amide bonds. The Morgan fingerprint density at radius 1 is 0.300 bits per heavy atom. The molecular weight excluding hydrogens is 504 g/mol. The van der Waals surface area contributed by atoms with Crippen LogP contribution >= 0.6 is 0 Å². The second-order valence-corrected chi connectivity index (χ2v) is 5.02. The molecule has 0 aliphatic rings. The zero-order valence-corrected chi connectivity index (χ0v) is 12.5. The Bertz CT molecular complexity index is 581. The fraction of sp³-hybridized carbons (Fsp3) is 1.00. The van der Waals surface area contributed by atoms with Crippen LogP contribution < -0.4 is 0 Å². The molecule has 0 aromatic carbocycles. The van der Waals surface area contributed by atoms with E-state index in [2.05, 4.69) is 0 Å². The maximum absolute atomic E-state index is 13.4. The highest BCUT2D eigenvalue weighted by atomic mass is 19.4. The molecule has 1 nitrogen and oxygen atoms in total. The molecule has 182 valence electrons.